The number of hydrazine groups is 1. The van der Waals surface area contributed by atoms with Gasteiger partial charge in [0, 0.05) is 30.8 Å². The average Bonchev–Trinajstić information content (AvgIpc) is 3.12. The summed E-state index contributed by atoms with van der Waals surface area (Å²) in [5, 5.41) is 0.933. The molecule has 0 aromatic heterocycles. The third kappa shape index (κ3) is 5.23. The fraction of sp³-hybridized carbons (Fsp3) is 0.381. The Balaban J connectivity index is 1.39. The van der Waals surface area contributed by atoms with Crippen LogP contribution in [0.5, 0.6) is 5.75 Å². The molecule has 166 valence electrons. The van der Waals surface area contributed by atoms with Gasteiger partial charge in [-0.05, 0) is 36.2 Å². The molecule has 6 N–H and O–H groups in total. The average molecular weight is 465 g/mol. The van der Waals surface area contributed by atoms with Gasteiger partial charge in [0.05, 0.1) is 29.9 Å². The first-order chi connectivity index (χ1) is 14.9. The van der Waals surface area contributed by atoms with Crippen molar-refractivity contribution in [2.24, 2.45) is 16.5 Å². The number of benzene rings is 2. The number of hydrogen-bond acceptors (Lipinski definition) is 8. The van der Waals surface area contributed by atoms with Gasteiger partial charge in [0.1, 0.15) is 5.75 Å². The number of aliphatic imine (C=N–C) groups is 1. The van der Waals surface area contributed by atoms with Crippen LogP contribution >= 0.6 is 23.2 Å². The molecule has 0 saturated carbocycles. The highest BCUT2D eigenvalue weighted by molar-refractivity contribution is 6.39. The second kappa shape index (κ2) is 9.60. The zero-order valence-electron chi connectivity index (χ0n) is 17.0. The summed E-state index contributed by atoms with van der Waals surface area (Å²) in [5.74, 6) is -0.227. The number of nitrogens with two attached hydrogens (primary N) is 2. The smallest absolute Gasteiger partial charge is 0.209 e. The zero-order chi connectivity index (χ0) is 21.8. The molecule has 4 rings (SSSR count). The summed E-state index contributed by atoms with van der Waals surface area (Å²) in [5.41, 5.74) is 19.6. The molecule has 2 aromatic rings. The van der Waals surface area contributed by atoms with Gasteiger partial charge in [0.25, 0.3) is 0 Å². The Hall–Kier alpha value is -2.07. The molecule has 0 aliphatic carbocycles. The molecule has 1 fully saturated rings. The van der Waals surface area contributed by atoms with Crippen molar-refractivity contribution >= 4 is 29.2 Å². The Kier molecular flexibility index (Phi) is 6.86. The van der Waals surface area contributed by atoms with Gasteiger partial charge in [-0.2, -0.15) is 5.43 Å². The Morgan fingerprint density at radius 3 is 2.42 bits per heavy atom. The Morgan fingerprint density at radius 1 is 1.13 bits per heavy atom. The van der Waals surface area contributed by atoms with Crippen molar-refractivity contribution in [1.29, 1.82) is 0 Å². The molecule has 0 radical (unpaired) electrons. The van der Waals surface area contributed by atoms with E-state index in [1.165, 1.54) is 0 Å². The van der Waals surface area contributed by atoms with Gasteiger partial charge in [-0.3, -0.25) is 16.1 Å². The minimum atomic E-state index is -1.23. The van der Waals surface area contributed by atoms with Crippen molar-refractivity contribution in [2.75, 3.05) is 39.5 Å². The van der Waals surface area contributed by atoms with Crippen LogP contribution in [-0.2, 0) is 10.5 Å². The number of rotatable bonds is 7. The third-order valence-electron chi connectivity index (χ3n) is 5.29. The largest absolute Gasteiger partial charge is 0.494 e. The number of nitrogens with one attached hydrogen (secondary N) is 2. The predicted molar refractivity (Wildman–Crippen MR) is 123 cm³/mol. The summed E-state index contributed by atoms with van der Waals surface area (Å²) in [7, 11) is 0. The van der Waals surface area contributed by atoms with E-state index < -0.39 is 5.79 Å². The van der Waals surface area contributed by atoms with E-state index in [1.807, 2.05) is 24.3 Å². The number of morpholine rings is 1. The molecule has 10 heteroatoms. The first kappa shape index (κ1) is 22.1. The predicted octanol–water partition coefficient (Wildman–Crippen LogP) is 2.25. The molecular formula is C21H26Cl2N6O2. The standard InChI is InChI=1S/C21H26Cl2N6O2/c22-17-12-15(21(25)26-20(24)27-28-21)13-18(23)19(17)14-2-4-16(5-3-14)31-9-1-6-29-7-10-30-11-8-29/h2-5,12-13,28H,1,6-11,25H2,(H3,24,26,27). The number of hydrogen-bond donors (Lipinski definition) is 4. The minimum Gasteiger partial charge on any atom is -0.494 e. The topological polar surface area (TPSA) is 110 Å². The Bertz CT molecular complexity index is 926. The lowest BCUT2D eigenvalue weighted by Crippen LogP contribution is -2.50. The van der Waals surface area contributed by atoms with Gasteiger partial charge < -0.3 is 15.2 Å². The lowest BCUT2D eigenvalue weighted by atomic mass is 10.0. The van der Waals surface area contributed by atoms with E-state index in [-0.39, 0.29) is 5.96 Å². The number of guanidine groups is 1. The molecule has 1 atom stereocenters. The molecule has 0 bridgehead atoms. The summed E-state index contributed by atoms with van der Waals surface area (Å²) >= 11 is 13.1. The lowest BCUT2D eigenvalue weighted by Gasteiger charge is -2.26. The fourth-order valence-electron chi connectivity index (χ4n) is 3.63. The number of nitrogens with zero attached hydrogens (tertiary/aromatic N) is 2. The van der Waals surface area contributed by atoms with Crippen molar-refractivity contribution in [1.82, 2.24) is 15.8 Å². The van der Waals surface area contributed by atoms with E-state index in [2.05, 4.69) is 20.7 Å². The second-order valence-corrected chi connectivity index (χ2v) is 8.32. The highest BCUT2D eigenvalue weighted by Crippen LogP contribution is 2.38. The highest BCUT2D eigenvalue weighted by atomic mass is 35.5. The molecule has 2 aliphatic rings. The first-order valence-electron chi connectivity index (χ1n) is 10.1. The van der Waals surface area contributed by atoms with Crippen molar-refractivity contribution in [3.05, 3.63) is 52.0 Å². The maximum atomic E-state index is 6.55. The van der Waals surface area contributed by atoms with E-state index in [0.717, 1.165) is 56.1 Å². The van der Waals surface area contributed by atoms with Crippen LogP contribution in [0.2, 0.25) is 10.0 Å². The van der Waals surface area contributed by atoms with Crippen LogP contribution in [0.4, 0.5) is 0 Å². The minimum absolute atomic E-state index is 0.194. The maximum Gasteiger partial charge on any atom is 0.209 e. The molecule has 8 nitrogen and oxygen atoms in total. The van der Waals surface area contributed by atoms with Crippen LogP contribution in [0, 0.1) is 0 Å². The number of halogens is 2. The van der Waals surface area contributed by atoms with Crippen molar-refractivity contribution in [3.8, 4) is 16.9 Å². The normalized spacial score (nSPS) is 21.6. The van der Waals surface area contributed by atoms with E-state index >= 15 is 0 Å². The lowest BCUT2D eigenvalue weighted by molar-refractivity contribution is 0.0358. The van der Waals surface area contributed by atoms with Gasteiger partial charge in [0.15, 0.2) is 0 Å². The molecule has 1 saturated heterocycles. The van der Waals surface area contributed by atoms with Gasteiger partial charge >= 0.3 is 0 Å². The van der Waals surface area contributed by atoms with Crippen LogP contribution < -0.4 is 27.1 Å². The molecular weight excluding hydrogens is 439 g/mol. The maximum absolute atomic E-state index is 6.55. The first-order valence-corrected chi connectivity index (χ1v) is 10.9. The quantitative estimate of drug-likeness (QED) is 0.465. The van der Waals surface area contributed by atoms with Gasteiger partial charge in [-0.25, -0.2) is 4.99 Å². The summed E-state index contributed by atoms with van der Waals surface area (Å²) in [4.78, 5) is 6.55. The molecule has 0 amide bonds. The summed E-state index contributed by atoms with van der Waals surface area (Å²) < 4.78 is 11.2. The van der Waals surface area contributed by atoms with Crippen LogP contribution in [0.15, 0.2) is 41.4 Å². The van der Waals surface area contributed by atoms with Crippen LogP contribution in [0.3, 0.4) is 0 Å². The second-order valence-electron chi connectivity index (χ2n) is 7.51. The molecule has 2 aliphatic heterocycles. The zero-order valence-corrected chi connectivity index (χ0v) is 18.5. The summed E-state index contributed by atoms with van der Waals surface area (Å²) in [6.07, 6.45) is 0.970. The van der Waals surface area contributed by atoms with Gasteiger partial charge in [-0.15, -0.1) is 0 Å². The third-order valence-corrected chi connectivity index (χ3v) is 5.89. The van der Waals surface area contributed by atoms with Crippen LogP contribution in [-0.4, -0.2) is 50.3 Å². The van der Waals surface area contributed by atoms with Crippen molar-refractivity contribution < 1.29 is 9.47 Å². The summed E-state index contributed by atoms with van der Waals surface area (Å²) in [6, 6.07) is 11.2. The fourth-order valence-corrected chi connectivity index (χ4v) is 4.34. The van der Waals surface area contributed by atoms with Crippen molar-refractivity contribution in [3.63, 3.8) is 0 Å². The monoisotopic (exact) mass is 464 g/mol. The highest BCUT2D eigenvalue weighted by Gasteiger charge is 2.32. The molecule has 2 aromatic carbocycles. The van der Waals surface area contributed by atoms with Crippen molar-refractivity contribution in [2.45, 2.75) is 12.2 Å². The van der Waals surface area contributed by atoms with Crippen LogP contribution in [0.25, 0.3) is 11.1 Å². The van der Waals surface area contributed by atoms with Gasteiger partial charge in [0.2, 0.25) is 11.7 Å². The van der Waals surface area contributed by atoms with E-state index in [9.17, 15) is 0 Å². The van der Waals surface area contributed by atoms with Crippen LogP contribution in [0.1, 0.15) is 12.0 Å². The van der Waals surface area contributed by atoms with E-state index in [0.29, 0.717) is 22.2 Å². The molecule has 1 unspecified atom stereocenters. The SMILES string of the molecule is NC1=NC(N)(c2cc(Cl)c(-c3ccc(OCCCN4CCOCC4)cc3)c(Cl)c2)NN1. The van der Waals surface area contributed by atoms with Gasteiger partial charge in [-0.1, -0.05) is 35.3 Å². The number of ether oxygens (including phenoxy) is 2. The Labute approximate surface area is 191 Å². The van der Waals surface area contributed by atoms with E-state index in [1.54, 1.807) is 12.1 Å². The van der Waals surface area contributed by atoms with E-state index in [4.69, 9.17) is 44.1 Å². The molecule has 2 heterocycles. The molecule has 31 heavy (non-hydrogen) atoms. The Morgan fingerprint density at radius 2 is 1.81 bits per heavy atom. The molecule has 0 spiro atoms. The summed E-state index contributed by atoms with van der Waals surface area (Å²) in [6.45, 7) is 5.29.